The lowest BCUT2D eigenvalue weighted by atomic mass is 9.79. The Labute approximate surface area is 340 Å². The molecule has 3 heterocycles. The Bertz CT molecular complexity index is 2510. The number of hydrogen-bond donors (Lipinski definition) is 0. The first-order chi connectivity index (χ1) is 26.1. The highest BCUT2D eigenvalue weighted by Gasteiger charge is 2.46. The van der Waals surface area contributed by atoms with Gasteiger partial charge >= 0.3 is 0 Å². The average Bonchev–Trinajstić information content (AvgIpc) is 3.29. The molecule has 0 unspecified atom stereocenters. The van der Waals surface area contributed by atoms with Gasteiger partial charge in [0.25, 0.3) is 5.56 Å². The lowest BCUT2D eigenvalue weighted by Gasteiger charge is -2.26. The molecule has 3 aromatic heterocycles. The Kier molecular flexibility index (Phi) is 9.16. The highest BCUT2D eigenvalue weighted by Crippen LogP contribution is 2.48. The zero-order valence-corrected chi connectivity index (χ0v) is 37.6. The van der Waals surface area contributed by atoms with Crippen molar-refractivity contribution >= 4 is 16.4 Å². The van der Waals surface area contributed by atoms with Crippen LogP contribution in [-0.2, 0) is 32.5 Å². The molecule has 1 aliphatic rings. The van der Waals surface area contributed by atoms with Gasteiger partial charge in [0.2, 0.25) is 0 Å². The van der Waals surface area contributed by atoms with Crippen molar-refractivity contribution in [1.29, 1.82) is 0 Å². The number of pyridine rings is 1. The van der Waals surface area contributed by atoms with Crippen LogP contribution >= 0.6 is 0 Å². The smallest absolute Gasteiger partial charge is 0.277 e. The molecule has 0 spiro atoms. The van der Waals surface area contributed by atoms with E-state index < -0.39 is 0 Å². The van der Waals surface area contributed by atoms with E-state index in [1.54, 1.807) is 0 Å². The standard InChI is InChI=1S/C51H63N5O/c1-29-18-19-37-36(20-21-56-40-39(45(57)55-44(37)56)50(14,15)28-51(40,16)17)38(29)43-53-41(30-22-32(46(2,3)4)26-33(23-30)47(5,6)7)52-42(54-43)31-24-34(48(8,9)10)27-35(25-31)49(11,12)13/h18-27H,28H2,1-17H3. The highest BCUT2D eigenvalue weighted by molar-refractivity contribution is 6.03. The molecule has 298 valence electrons. The van der Waals surface area contributed by atoms with E-state index in [0.29, 0.717) is 23.1 Å². The molecule has 0 radical (unpaired) electrons. The summed E-state index contributed by atoms with van der Waals surface area (Å²) >= 11 is 0. The summed E-state index contributed by atoms with van der Waals surface area (Å²) in [5.41, 5.74) is 10.5. The highest BCUT2D eigenvalue weighted by atomic mass is 16.1. The van der Waals surface area contributed by atoms with Crippen molar-refractivity contribution in [3.8, 4) is 34.2 Å². The predicted molar refractivity (Wildman–Crippen MR) is 239 cm³/mol. The number of fused-ring (bicyclic) bond motifs is 5. The molecule has 1 aliphatic carbocycles. The first kappa shape index (κ1) is 40.5. The van der Waals surface area contributed by atoms with E-state index in [1.165, 1.54) is 22.3 Å². The zero-order valence-electron chi connectivity index (χ0n) is 37.6. The van der Waals surface area contributed by atoms with Crippen LogP contribution in [0.3, 0.4) is 0 Å². The van der Waals surface area contributed by atoms with Crippen LogP contribution in [0.2, 0.25) is 0 Å². The summed E-state index contributed by atoms with van der Waals surface area (Å²) in [6.07, 6.45) is 2.98. The van der Waals surface area contributed by atoms with E-state index in [1.807, 2.05) is 0 Å². The second kappa shape index (κ2) is 12.9. The lowest BCUT2D eigenvalue weighted by molar-refractivity contribution is 0.397. The van der Waals surface area contributed by atoms with Gasteiger partial charge in [-0.25, -0.2) is 15.0 Å². The van der Waals surface area contributed by atoms with Gasteiger partial charge in [-0.05, 0) is 104 Å². The van der Waals surface area contributed by atoms with Gasteiger partial charge in [-0.15, -0.1) is 0 Å². The Morgan fingerprint density at radius 2 is 0.982 bits per heavy atom. The molecule has 0 bridgehead atoms. The molecular weight excluding hydrogens is 699 g/mol. The molecule has 0 atom stereocenters. The fourth-order valence-corrected chi connectivity index (χ4v) is 8.95. The Hall–Kier alpha value is -4.71. The summed E-state index contributed by atoms with van der Waals surface area (Å²) in [5, 5.41) is 1.86. The number of benzene rings is 3. The van der Waals surface area contributed by atoms with Crippen LogP contribution in [0.4, 0.5) is 0 Å². The summed E-state index contributed by atoms with van der Waals surface area (Å²) in [6.45, 7) is 38.0. The minimum atomic E-state index is -0.260. The quantitative estimate of drug-likeness (QED) is 0.168. The second-order valence-electron chi connectivity index (χ2n) is 22.2. The van der Waals surface area contributed by atoms with Gasteiger partial charge in [0.05, 0.1) is 0 Å². The number of hydrogen-bond acceptors (Lipinski definition) is 5. The van der Waals surface area contributed by atoms with Crippen LogP contribution in [0.15, 0.2) is 65.6 Å². The fraction of sp³-hybridized carbons (Fsp3) is 0.471. The van der Waals surface area contributed by atoms with E-state index in [-0.39, 0.29) is 38.0 Å². The maximum Gasteiger partial charge on any atom is 0.277 e. The van der Waals surface area contributed by atoms with Gasteiger partial charge in [-0.2, -0.15) is 4.98 Å². The third-order valence-corrected chi connectivity index (χ3v) is 12.1. The zero-order chi connectivity index (χ0) is 42.0. The van der Waals surface area contributed by atoms with Crippen LogP contribution in [0.1, 0.15) is 156 Å². The van der Waals surface area contributed by atoms with Crippen LogP contribution in [0, 0.1) is 6.92 Å². The molecule has 3 aromatic carbocycles. The number of aromatic nitrogens is 5. The molecule has 0 saturated heterocycles. The van der Waals surface area contributed by atoms with Crippen molar-refractivity contribution in [2.45, 2.75) is 157 Å². The van der Waals surface area contributed by atoms with Gasteiger partial charge < -0.3 is 4.40 Å². The second-order valence-corrected chi connectivity index (χ2v) is 22.2. The van der Waals surface area contributed by atoms with Crippen molar-refractivity contribution < 1.29 is 0 Å². The van der Waals surface area contributed by atoms with E-state index in [2.05, 4.69) is 183 Å². The molecular formula is C51H63N5O. The number of nitrogens with zero attached hydrogens (tertiary/aromatic N) is 5. The lowest BCUT2D eigenvalue weighted by Crippen LogP contribution is -2.26. The van der Waals surface area contributed by atoms with Gasteiger partial charge in [0.15, 0.2) is 17.5 Å². The fourth-order valence-electron chi connectivity index (χ4n) is 8.95. The molecule has 0 N–H and O–H groups in total. The molecule has 6 aromatic rings. The molecule has 0 saturated carbocycles. The van der Waals surface area contributed by atoms with E-state index >= 15 is 0 Å². The maximum atomic E-state index is 13.9. The monoisotopic (exact) mass is 762 g/mol. The van der Waals surface area contributed by atoms with Gasteiger partial charge in [-0.1, -0.05) is 135 Å². The molecule has 6 heteroatoms. The van der Waals surface area contributed by atoms with Gasteiger partial charge in [-0.3, -0.25) is 4.79 Å². The minimum Gasteiger partial charge on any atom is -0.304 e. The van der Waals surface area contributed by atoms with Crippen molar-refractivity contribution in [3.05, 3.63) is 110 Å². The van der Waals surface area contributed by atoms with Crippen LogP contribution in [0.5, 0.6) is 0 Å². The minimum absolute atomic E-state index is 0.0837. The summed E-state index contributed by atoms with van der Waals surface area (Å²) < 4.78 is 2.16. The van der Waals surface area contributed by atoms with E-state index in [4.69, 9.17) is 19.9 Å². The number of rotatable bonds is 3. The topological polar surface area (TPSA) is 73.0 Å². The van der Waals surface area contributed by atoms with Crippen molar-refractivity contribution in [1.82, 2.24) is 24.3 Å². The third-order valence-electron chi connectivity index (χ3n) is 12.1. The van der Waals surface area contributed by atoms with E-state index in [0.717, 1.165) is 50.7 Å². The van der Waals surface area contributed by atoms with Gasteiger partial charge in [0, 0.05) is 44.9 Å². The SMILES string of the molecule is Cc1ccc2c(ccn3c4c(c(=O)nc23)C(C)(C)CC4(C)C)c1-c1nc(-c2cc(C(C)(C)C)cc(C(C)(C)C)c2)nc(-c2cc(C(C)(C)C)cc(C(C)(C)C)c2)n1. The van der Waals surface area contributed by atoms with Crippen LogP contribution in [0.25, 0.3) is 50.6 Å². The first-order valence-electron chi connectivity index (χ1n) is 20.7. The van der Waals surface area contributed by atoms with Crippen molar-refractivity contribution in [3.63, 3.8) is 0 Å². The average molecular weight is 762 g/mol. The summed E-state index contributed by atoms with van der Waals surface area (Å²) in [5.74, 6) is 1.88. The molecule has 7 rings (SSSR count). The Balaban J connectivity index is 1.58. The van der Waals surface area contributed by atoms with Crippen molar-refractivity contribution in [2.24, 2.45) is 0 Å². The largest absolute Gasteiger partial charge is 0.304 e. The molecule has 57 heavy (non-hydrogen) atoms. The van der Waals surface area contributed by atoms with Crippen molar-refractivity contribution in [2.75, 3.05) is 0 Å². The predicted octanol–water partition coefficient (Wildman–Crippen LogP) is 12.5. The van der Waals surface area contributed by atoms with Gasteiger partial charge in [0.1, 0.15) is 5.65 Å². The van der Waals surface area contributed by atoms with Crippen LogP contribution in [-0.4, -0.2) is 24.3 Å². The summed E-state index contributed by atoms with van der Waals surface area (Å²) in [6, 6.07) is 20.1. The van der Waals surface area contributed by atoms with Crippen LogP contribution < -0.4 is 5.56 Å². The molecule has 0 fully saturated rings. The third kappa shape index (κ3) is 7.23. The first-order valence-corrected chi connectivity index (χ1v) is 20.7. The number of aryl methyl sites for hydroxylation is 1. The summed E-state index contributed by atoms with van der Waals surface area (Å²) in [4.78, 5) is 34.9. The molecule has 0 aliphatic heterocycles. The van der Waals surface area contributed by atoms with E-state index in [9.17, 15) is 4.79 Å². The molecule has 0 amide bonds. The summed E-state index contributed by atoms with van der Waals surface area (Å²) in [7, 11) is 0. The Morgan fingerprint density at radius 3 is 1.42 bits per heavy atom. The Morgan fingerprint density at radius 1 is 0.544 bits per heavy atom. The normalized spacial score (nSPS) is 15.7. The maximum absolute atomic E-state index is 13.9. The molecule has 6 nitrogen and oxygen atoms in total.